The molecule has 1 aliphatic heterocycles. The van der Waals surface area contributed by atoms with Gasteiger partial charge in [-0.1, -0.05) is 81.4 Å². The second-order valence-electron chi connectivity index (χ2n) is 8.31. The molecule has 4 nitrogen and oxygen atoms in total. The Bertz CT molecular complexity index is 719. The van der Waals surface area contributed by atoms with Crippen LogP contribution in [0.5, 0.6) is 0 Å². The minimum absolute atomic E-state index is 0.0182. The fraction of sp³-hybridized carbons (Fsp3) is 0.409. The topological polar surface area (TPSA) is 50.4 Å². The molecule has 27 heavy (non-hydrogen) atoms. The van der Waals surface area contributed by atoms with Crippen LogP contribution in [-0.2, 0) is 9.22 Å². The number of amides is 1. The van der Waals surface area contributed by atoms with Gasteiger partial charge in [-0.3, -0.25) is 4.79 Å². The first kappa shape index (κ1) is 19.8. The normalized spacial score (nSPS) is 21.0. The van der Waals surface area contributed by atoms with E-state index >= 15 is 0 Å². The first-order chi connectivity index (χ1) is 12.8. The Morgan fingerprint density at radius 3 is 1.96 bits per heavy atom. The van der Waals surface area contributed by atoms with Gasteiger partial charge in [-0.25, -0.2) is 0 Å². The number of benzene rings is 2. The first-order valence-electron chi connectivity index (χ1n) is 9.63. The maximum atomic E-state index is 12.0. The van der Waals surface area contributed by atoms with Gasteiger partial charge in [0.15, 0.2) is 0 Å². The summed E-state index contributed by atoms with van der Waals surface area (Å²) in [6, 6.07) is 21.0. The quantitative estimate of drug-likeness (QED) is 0.778. The van der Waals surface area contributed by atoms with Gasteiger partial charge in [0.1, 0.15) is 0 Å². The van der Waals surface area contributed by atoms with Gasteiger partial charge >= 0.3 is 0 Å². The van der Waals surface area contributed by atoms with Gasteiger partial charge in [0, 0.05) is 6.54 Å². The molecular weight excluding hydrogens is 352 g/mol. The molecule has 144 valence electrons. The van der Waals surface area contributed by atoms with Gasteiger partial charge < -0.3 is 15.1 Å². The predicted molar refractivity (Wildman–Crippen MR) is 113 cm³/mol. The van der Waals surface area contributed by atoms with Crippen molar-refractivity contribution in [3.63, 3.8) is 0 Å². The second kappa shape index (κ2) is 7.96. The van der Waals surface area contributed by atoms with Crippen molar-refractivity contribution in [2.75, 3.05) is 13.2 Å². The third-order valence-electron chi connectivity index (χ3n) is 5.33. The van der Waals surface area contributed by atoms with Crippen LogP contribution in [0.15, 0.2) is 60.7 Å². The van der Waals surface area contributed by atoms with Crippen molar-refractivity contribution in [2.24, 2.45) is 0 Å². The van der Waals surface area contributed by atoms with Crippen molar-refractivity contribution in [1.29, 1.82) is 0 Å². The van der Waals surface area contributed by atoms with Crippen LogP contribution in [-0.4, -0.2) is 39.5 Å². The van der Waals surface area contributed by atoms with Gasteiger partial charge in [0.05, 0.1) is 18.7 Å². The summed E-state index contributed by atoms with van der Waals surface area (Å²) in [5.74, 6) is 0.0392. The molecule has 2 aromatic carbocycles. The Labute approximate surface area is 163 Å². The lowest BCUT2D eigenvalue weighted by atomic mass is 10.2. The van der Waals surface area contributed by atoms with Crippen molar-refractivity contribution in [1.82, 2.24) is 10.6 Å². The maximum absolute atomic E-state index is 12.0. The monoisotopic (exact) mass is 382 g/mol. The Kier molecular flexibility index (Phi) is 5.84. The number of carbonyl (C=O) groups excluding carboxylic acids is 1. The third kappa shape index (κ3) is 4.00. The van der Waals surface area contributed by atoms with E-state index in [1.54, 1.807) is 0 Å². The summed E-state index contributed by atoms with van der Waals surface area (Å²) >= 11 is 0. The van der Waals surface area contributed by atoms with Gasteiger partial charge in [-0.2, -0.15) is 0 Å². The van der Waals surface area contributed by atoms with E-state index in [9.17, 15) is 4.79 Å². The molecule has 0 aromatic heterocycles. The molecule has 0 aliphatic carbocycles. The molecule has 0 spiro atoms. The van der Waals surface area contributed by atoms with E-state index in [0.717, 1.165) is 6.54 Å². The molecule has 1 heterocycles. The minimum Gasteiger partial charge on any atom is -0.405 e. The zero-order chi connectivity index (χ0) is 19.5. The van der Waals surface area contributed by atoms with E-state index < -0.39 is 8.32 Å². The molecule has 1 aliphatic rings. The highest BCUT2D eigenvalue weighted by atomic mass is 28.4. The van der Waals surface area contributed by atoms with E-state index in [2.05, 4.69) is 79.9 Å². The maximum Gasteiger partial charge on any atom is 0.261 e. The average molecular weight is 383 g/mol. The number of carbonyl (C=O) groups is 1. The molecule has 3 rings (SSSR count). The number of hydrogen-bond donors (Lipinski definition) is 2. The van der Waals surface area contributed by atoms with Gasteiger partial charge in [0.25, 0.3) is 8.32 Å². The van der Waals surface area contributed by atoms with E-state index in [4.69, 9.17) is 4.43 Å². The van der Waals surface area contributed by atoms with E-state index in [0.29, 0.717) is 6.61 Å². The van der Waals surface area contributed by atoms with Gasteiger partial charge in [-0.05, 0) is 22.3 Å². The molecule has 1 fully saturated rings. The SMILES string of the molecule is C[C@H]1NC[C@@H](CO[Si](c2ccccc2)(c2ccccc2)C(C)(C)C)NC1=O. The lowest BCUT2D eigenvalue weighted by Gasteiger charge is -2.44. The lowest BCUT2D eigenvalue weighted by Crippen LogP contribution is -2.68. The van der Waals surface area contributed by atoms with Crippen LogP contribution in [0, 0.1) is 0 Å². The molecular formula is C22H30N2O2Si. The number of piperazine rings is 1. The van der Waals surface area contributed by atoms with Gasteiger partial charge in [-0.15, -0.1) is 0 Å². The number of rotatable bonds is 5. The highest BCUT2D eigenvalue weighted by Gasteiger charge is 2.50. The van der Waals surface area contributed by atoms with Gasteiger partial charge in [0.2, 0.25) is 5.91 Å². The fourth-order valence-electron chi connectivity index (χ4n) is 3.88. The van der Waals surface area contributed by atoms with E-state index in [1.165, 1.54) is 10.4 Å². The zero-order valence-corrected chi connectivity index (χ0v) is 17.7. The second-order valence-corrected chi connectivity index (χ2v) is 12.6. The molecule has 1 saturated heterocycles. The Morgan fingerprint density at radius 1 is 1.00 bits per heavy atom. The summed E-state index contributed by atoms with van der Waals surface area (Å²) in [7, 11) is -2.55. The minimum atomic E-state index is -2.55. The van der Waals surface area contributed by atoms with Crippen LogP contribution in [0.2, 0.25) is 5.04 Å². The Balaban J connectivity index is 1.98. The number of nitrogens with one attached hydrogen (secondary N) is 2. The van der Waals surface area contributed by atoms with Crippen LogP contribution >= 0.6 is 0 Å². The Morgan fingerprint density at radius 2 is 1.52 bits per heavy atom. The van der Waals surface area contributed by atoms with Crippen molar-refractivity contribution in [3.05, 3.63) is 60.7 Å². The zero-order valence-electron chi connectivity index (χ0n) is 16.7. The van der Waals surface area contributed by atoms with Crippen LogP contribution in [0.1, 0.15) is 27.7 Å². The van der Waals surface area contributed by atoms with Crippen LogP contribution in [0.3, 0.4) is 0 Å². The van der Waals surface area contributed by atoms with Crippen molar-refractivity contribution in [2.45, 2.75) is 44.8 Å². The summed E-state index contributed by atoms with van der Waals surface area (Å²) < 4.78 is 6.87. The van der Waals surface area contributed by atoms with E-state index in [-0.39, 0.29) is 23.0 Å². The van der Waals surface area contributed by atoms with Crippen molar-refractivity contribution < 1.29 is 9.22 Å². The first-order valence-corrected chi connectivity index (χ1v) is 11.5. The lowest BCUT2D eigenvalue weighted by molar-refractivity contribution is -0.125. The van der Waals surface area contributed by atoms with Crippen LogP contribution < -0.4 is 21.0 Å². The molecule has 0 bridgehead atoms. The third-order valence-corrected chi connectivity index (χ3v) is 10.3. The molecule has 0 unspecified atom stereocenters. The molecule has 5 heteroatoms. The largest absolute Gasteiger partial charge is 0.405 e. The van der Waals surface area contributed by atoms with Crippen molar-refractivity contribution in [3.8, 4) is 0 Å². The summed E-state index contributed by atoms with van der Waals surface area (Å²) in [5.41, 5.74) is 0. The fourth-order valence-corrected chi connectivity index (χ4v) is 8.48. The molecule has 2 aromatic rings. The summed E-state index contributed by atoms with van der Waals surface area (Å²) in [6.07, 6.45) is 0. The number of hydrogen-bond acceptors (Lipinski definition) is 3. The summed E-state index contributed by atoms with van der Waals surface area (Å²) in [4.78, 5) is 12.0. The highest BCUT2D eigenvalue weighted by Crippen LogP contribution is 2.36. The average Bonchev–Trinajstić information content (AvgIpc) is 2.66. The summed E-state index contributed by atoms with van der Waals surface area (Å²) in [5, 5.41) is 8.80. The molecule has 2 N–H and O–H groups in total. The Hall–Kier alpha value is -1.95. The van der Waals surface area contributed by atoms with Crippen LogP contribution in [0.25, 0.3) is 0 Å². The van der Waals surface area contributed by atoms with Crippen molar-refractivity contribution >= 4 is 24.6 Å². The molecule has 0 saturated carbocycles. The summed E-state index contributed by atoms with van der Waals surface area (Å²) in [6.45, 7) is 9.90. The van der Waals surface area contributed by atoms with E-state index in [1.807, 2.05) is 19.1 Å². The van der Waals surface area contributed by atoms with Crippen LogP contribution in [0.4, 0.5) is 0 Å². The molecule has 0 radical (unpaired) electrons. The highest BCUT2D eigenvalue weighted by molar-refractivity contribution is 6.99. The molecule has 2 atom stereocenters. The smallest absolute Gasteiger partial charge is 0.261 e. The predicted octanol–water partition coefficient (Wildman–Crippen LogP) is 2.04. The molecule has 1 amide bonds. The standard InChI is InChI=1S/C22H30N2O2Si/c1-17-21(25)24-18(15-23-17)16-26-27(22(2,3)4,19-11-7-5-8-12-19)20-13-9-6-10-14-20/h5-14,17-18,23H,15-16H2,1-4H3,(H,24,25)/t17-,18+/m1/s1.